The van der Waals surface area contributed by atoms with Gasteiger partial charge in [0.2, 0.25) is 5.91 Å². The van der Waals surface area contributed by atoms with Gasteiger partial charge in [-0.25, -0.2) is 0 Å². The van der Waals surface area contributed by atoms with Gasteiger partial charge in [0.05, 0.1) is 11.9 Å². The van der Waals surface area contributed by atoms with E-state index >= 15 is 0 Å². The molecule has 5 nitrogen and oxygen atoms in total. The Labute approximate surface area is 145 Å². The fourth-order valence-corrected chi connectivity index (χ4v) is 2.82. The molecule has 0 aliphatic carbocycles. The predicted molar refractivity (Wildman–Crippen MR) is 95.1 cm³/mol. The van der Waals surface area contributed by atoms with Gasteiger partial charge in [0.1, 0.15) is 0 Å². The van der Waals surface area contributed by atoms with E-state index in [-0.39, 0.29) is 11.8 Å². The van der Waals surface area contributed by atoms with Crippen LogP contribution in [-0.4, -0.2) is 20.3 Å². The molecular weight excluding hydrogens is 324 g/mol. The average molecular weight is 343 g/mol. The Kier molecular flexibility index (Phi) is 5.01. The van der Waals surface area contributed by atoms with E-state index in [4.69, 9.17) is 11.6 Å². The summed E-state index contributed by atoms with van der Waals surface area (Å²) in [6.07, 6.45) is 7.81. The molecule has 124 valence electrons. The largest absolute Gasteiger partial charge is 0.354 e. The van der Waals surface area contributed by atoms with Crippen LogP contribution in [0.15, 0.2) is 61.2 Å². The molecule has 0 bridgehead atoms. The molecule has 1 amide bonds. The molecule has 6 heteroatoms. The van der Waals surface area contributed by atoms with Crippen molar-refractivity contribution in [3.8, 4) is 0 Å². The highest BCUT2D eigenvalue weighted by Crippen LogP contribution is 2.24. The topological polar surface area (TPSA) is 51.9 Å². The number of carbonyl (C=O) groups excluding carboxylic acids is 1. The molecule has 1 atom stereocenters. The number of nitrogens with zero attached hydrogens (tertiary/aromatic N) is 3. The number of rotatable bonds is 6. The molecule has 0 radical (unpaired) electrons. The first-order chi connectivity index (χ1) is 11.6. The van der Waals surface area contributed by atoms with Crippen LogP contribution >= 0.6 is 11.6 Å². The molecule has 0 aliphatic heterocycles. The van der Waals surface area contributed by atoms with Gasteiger partial charge in [0, 0.05) is 49.5 Å². The van der Waals surface area contributed by atoms with Gasteiger partial charge in [-0.05, 0) is 29.8 Å². The number of hydrogen-bond acceptors (Lipinski definition) is 2. The molecule has 0 saturated heterocycles. The second-order valence-electron chi connectivity index (χ2n) is 5.78. The van der Waals surface area contributed by atoms with E-state index in [2.05, 4.69) is 15.0 Å². The highest BCUT2D eigenvalue weighted by atomic mass is 35.5. The van der Waals surface area contributed by atoms with Crippen molar-refractivity contribution in [3.05, 3.63) is 71.8 Å². The number of aromatic nitrogens is 3. The normalized spacial score (nSPS) is 12.1. The monoisotopic (exact) mass is 342 g/mol. The SMILES string of the molecule is Cn1cc(NC(=O)C[C@H](Cn2cccc2)c2ccc(Cl)cc2)cn1. The first kappa shape index (κ1) is 16.3. The van der Waals surface area contributed by atoms with Crippen LogP contribution in [0.2, 0.25) is 5.02 Å². The van der Waals surface area contributed by atoms with Gasteiger partial charge in [-0.3, -0.25) is 9.48 Å². The van der Waals surface area contributed by atoms with Gasteiger partial charge in [-0.2, -0.15) is 5.10 Å². The lowest BCUT2D eigenvalue weighted by molar-refractivity contribution is -0.116. The first-order valence-corrected chi connectivity index (χ1v) is 8.12. The predicted octanol–water partition coefficient (Wildman–Crippen LogP) is 3.69. The molecular formula is C18H19ClN4O. The molecule has 0 unspecified atom stereocenters. The molecule has 1 N–H and O–H groups in total. The number of carbonyl (C=O) groups is 1. The van der Waals surface area contributed by atoms with Crippen LogP contribution in [0.1, 0.15) is 17.9 Å². The maximum Gasteiger partial charge on any atom is 0.225 e. The van der Waals surface area contributed by atoms with E-state index in [1.165, 1.54) is 0 Å². The molecule has 0 fully saturated rings. The standard InChI is InChI=1S/C18H19ClN4O/c1-22-13-17(11-20-22)21-18(24)10-15(12-23-8-2-3-9-23)14-4-6-16(19)7-5-14/h2-9,11,13,15H,10,12H2,1H3,(H,21,24)/t15-/m1/s1. The summed E-state index contributed by atoms with van der Waals surface area (Å²) in [7, 11) is 1.82. The summed E-state index contributed by atoms with van der Waals surface area (Å²) in [6.45, 7) is 0.731. The van der Waals surface area contributed by atoms with Crippen molar-refractivity contribution >= 4 is 23.2 Å². The lowest BCUT2D eigenvalue weighted by Crippen LogP contribution is -2.18. The molecule has 2 heterocycles. The molecule has 24 heavy (non-hydrogen) atoms. The number of benzene rings is 1. The molecule has 1 aromatic carbocycles. The fraction of sp³-hybridized carbons (Fsp3) is 0.222. The highest BCUT2D eigenvalue weighted by Gasteiger charge is 2.17. The van der Waals surface area contributed by atoms with Gasteiger partial charge >= 0.3 is 0 Å². The third-order valence-electron chi connectivity index (χ3n) is 3.86. The number of nitrogens with one attached hydrogen (secondary N) is 1. The maximum absolute atomic E-state index is 12.4. The van der Waals surface area contributed by atoms with Gasteiger partial charge in [-0.1, -0.05) is 23.7 Å². The van der Waals surface area contributed by atoms with Crippen LogP contribution in [0, 0.1) is 0 Å². The average Bonchev–Trinajstić information content (AvgIpc) is 3.19. The number of amides is 1. The highest BCUT2D eigenvalue weighted by molar-refractivity contribution is 6.30. The molecule has 2 aromatic heterocycles. The van der Waals surface area contributed by atoms with Crippen molar-refractivity contribution in [1.82, 2.24) is 14.3 Å². The molecule has 0 spiro atoms. The van der Waals surface area contributed by atoms with E-state index in [0.29, 0.717) is 17.1 Å². The van der Waals surface area contributed by atoms with Crippen molar-refractivity contribution < 1.29 is 4.79 Å². The van der Waals surface area contributed by atoms with Gasteiger partial charge in [0.25, 0.3) is 0 Å². The summed E-state index contributed by atoms with van der Waals surface area (Å²) < 4.78 is 3.74. The second-order valence-corrected chi connectivity index (χ2v) is 6.22. The zero-order valence-electron chi connectivity index (χ0n) is 13.4. The van der Waals surface area contributed by atoms with Gasteiger partial charge in [0.15, 0.2) is 0 Å². The van der Waals surface area contributed by atoms with Crippen LogP contribution in [0.25, 0.3) is 0 Å². The van der Waals surface area contributed by atoms with E-state index in [1.54, 1.807) is 17.1 Å². The van der Waals surface area contributed by atoms with Crippen LogP contribution in [-0.2, 0) is 18.4 Å². The van der Waals surface area contributed by atoms with Crippen LogP contribution in [0.4, 0.5) is 5.69 Å². The van der Waals surface area contributed by atoms with E-state index in [9.17, 15) is 4.79 Å². The summed E-state index contributed by atoms with van der Waals surface area (Å²) in [5.74, 6) is 0.0291. The van der Waals surface area contributed by atoms with Crippen molar-refractivity contribution in [2.24, 2.45) is 7.05 Å². The van der Waals surface area contributed by atoms with Gasteiger partial charge in [-0.15, -0.1) is 0 Å². The molecule has 0 aliphatic rings. The van der Waals surface area contributed by atoms with Crippen molar-refractivity contribution in [2.75, 3.05) is 5.32 Å². The third-order valence-corrected chi connectivity index (χ3v) is 4.11. The van der Waals surface area contributed by atoms with Crippen LogP contribution < -0.4 is 5.32 Å². The Morgan fingerprint density at radius 1 is 1.25 bits per heavy atom. The second kappa shape index (κ2) is 7.36. The lowest BCUT2D eigenvalue weighted by atomic mass is 9.95. The van der Waals surface area contributed by atoms with E-state index in [1.807, 2.05) is 55.8 Å². The Hall–Kier alpha value is -2.53. The summed E-state index contributed by atoms with van der Waals surface area (Å²) in [4.78, 5) is 12.4. The fourth-order valence-electron chi connectivity index (χ4n) is 2.69. The summed E-state index contributed by atoms with van der Waals surface area (Å²) in [6, 6.07) is 11.6. The zero-order valence-corrected chi connectivity index (χ0v) is 14.1. The quantitative estimate of drug-likeness (QED) is 0.742. The number of halogens is 1. The number of hydrogen-bond donors (Lipinski definition) is 1. The third kappa shape index (κ3) is 4.26. The number of aryl methyl sites for hydroxylation is 1. The Morgan fingerprint density at radius 3 is 2.58 bits per heavy atom. The van der Waals surface area contributed by atoms with Crippen molar-refractivity contribution in [3.63, 3.8) is 0 Å². The van der Waals surface area contributed by atoms with E-state index in [0.717, 1.165) is 12.1 Å². The maximum atomic E-state index is 12.4. The van der Waals surface area contributed by atoms with Gasteiger partial charge < -0.3 is 9.88 Å². The van der Waals surface area contributed by atoms with Crippen LogP contribution in [0.5, 0.6) is 0 Å². The number of anilines is 1. The minimum Gasteiger partial charge on any atom is -0.354 e. The molecule has 0 saturated carbocycles. The molecule has 3 aromatic rings. The smallest absolute Gasteiger partial charge is 0.225 e. The Bertz CT molecular complexity index is 793. The summed E-state index contributed by atoms with van der Waals surface area (Å²) in [5.41, 5.74) is 1.80. The van der Waals surface area contributed by atoms with Crippen molar-refractivity contribution in [2.45, 2.75) is 18.9 Å². The van der Waals surface area contributed by atoms with Crippen LogP contribution in [0.3, 0.4) is 0 Å². The summed E-state index contributed by atoms with van der Waals surface area (Å²) in [5, 5.41) is 7.65. The lowest BCUT2D eigenvalue weighted by Gasteiger charge is -2.18. The minimum absolute atomic E-state index is 0.0323. The molecule has 3 rings (SSSR count). The first-order valence-electron chi connectivity index (χ1n) is 7.75. The minimum atomic E-state index is -0.0323. The van der Waals surface area contributed by atoms with Crippen molar-refractivity contribution in [1.29, 1.82) is 0 Å². The zero-order chi connectivity index (χ0) is 16.9. The summed E-state index contributed by atoms with van der Waals surface area (Å²) >= 11 is 5.98. The Morgan fingerprint density at radius 2 is 1.96 bits per heavy atom. The Balaban J connectivity index is 1.73. The van der Waals surface area contributed by atoms with E-state index < -0.39 is 0 Å².